The van der Waals surface area contributed by atoms with E-state index in [1.54, 1.807) is 7.11 Å². The highest BCUT2D eigenvalue weighted by molar-refractivity contribution is 6.39. The molecule has 0 saturated carbocycles. The van der Waals surface area contributed by atoms with Gasteiger partial charge in [0.25, 0.3) is 0 Å². The van der Waals surface area contributed by atoms with Crippen molar-refractivity contribution in [3.63, 3.8) is 0 Å². The number of carbonyl (C=O) groups is 2. The number of halogens is 2. The third-order valence-corrected chi connectivity index (χ3v) is 3.84. The number of nitrogens with one attached hydrogen (secondary N) is 2. The first-order valence-corrected chi connectivity index (χ1v) is 7.78. The number of methoxy groups -OCH3 is 1. The lowest BCUT2D eigenvalue weighted by Gasteiger charge is -2.32. The topological polar surface area (TPSA) is 70.7 Å². The summed E-state index contributed by atoms with van der Waals surface area (Å²) in [6, 6.07) is 2.48. The molecule has 1 atom stereocenters. The molecular weight excluding hydrogens is 320 g/mol. The van der Waals surface area contributed by atoms with Crippen molar-refractivity contribution in [2.45, 2.75) is 18.9 Å². The van der Waals surface area contributed by atoms with Gasteiger partial charge in [0, 0.05) is 32.3 Å². The van der Waals surface area contributed by atoms with Gasteiger partial charge in [0.2, 0.25) is 0 Å². The molecule has 0 bridgehead atoms. The number of carbonyl (C=O) groups excluding carboxylic acids is 2. The second-order valence-electron chi connectivity index (χ2n) is 5.68. The molecule has 1 aliphatic heterocycles. The standard InChI is InChI=1S/C16H21F2N3O3/c1-24-8-7-21-6-2-3-12(10-21)19-15(22)16(23)20-14-9-11(17)4-5-13(14)18/h4-5,9,12H,2-3,6-8,10H2,1H3,(H,19,22)(H,20,23). The zero-order valence-corrected chi connectivity index (χ0v) is 13.5. The third-order valence-electron chi connectivity index (χ3n) is 3.84. The van der Waals surface area contributed by atoms with Crippen molar-refractivity contribution >= 4 is 17.5 Å². The van der Waals surface area contributed by atoms with Crippen LogP contribution in [0.5, 0.6) is 0 Å². The number of benzene rings is 1. The first kappa shape index (κ1) is 18.3. The van der Waals surface area contributed by atoms with Gasteiger partial charge in [-0.15, -0.1) is 0 Å². The number of nitrogens with zero attached hydrogens (tertiary/aromatic N) is 1. The van der Waals surface area contributed by atoms with Gasteiger partial charge >= 0.3 is 11.8 Å². The summed E-state index contributed by atoms with van der Waals surface area (Å²) >= 11 is 0. The molecule has 0 radical (unpaired) electrons. The normalized spacial score (nSPS) is 18.2. The van der Waals surface area contributed by atoms with E-state index >= 15 is 0 Å². The van der Waals surface area contributed by atoms with Gasteiger partial charge in [0.05, 0.1) is 12.3 Å². The highest BCUT2D eigenvalue weighted by Crippen LogP contribution is 2.15. The first-order chi connectivity index (χ1) is 11.5. The Kier molecular flexibility index (Phi) is 6.62. The largest absolute Gasteiger partial charge is 0.383 e. The number of piperidine rings is 1. The molecule has 2 rings (SSSR count). The van der Waals surface area contributed by atoms with Crippen molar-refractivity contribution < 1.29 is 23.1 Å². The number of hydrogen-bond donors (Lipinski definition) is 2. The van der Waals surface area contributed by atoms with Crippen LogP contribution in [0.4, 0.5) is 14.5 Å². The average Bonchev–Trinajstić information content (AvgIpc) is 2.56. The monoisotopic (exact) mass is 341 g/mol. The van der Waals surface area contributed by atoms with Crippen molar-refractivity contribution in [3.05, 3.63) is 29.8 Å². The van der Waals surface area contributed by atoms with Crippen molar-refractivity contribution in [1.29, 1.82) is 0 Å². The van der Waals surface area contributed by atoms with Crippen LogP contribution in [0.3, 0.4) is 0 Å². The molecule has 132 valence electrons. The Morgan fingerprint density at radius 1 is 1.33 bits per heavy atom. The Balaban J connectivity index is 1.87. The van der Waals surface area contributed by atoms with Crippen LogP contribution in [0.1, 0.15) is 12.8 Å². The molecule has 2 amide bonds. The van der Waals surface area contributed by atoms with Gasteiger partial charge in [0.1, 0.15) is 11.6 Å². The lowest BCUT2D eigenvalue weighted by Crippen LogP contribution is -2.50. The summed E-state index contributed by atoms with van der Waals surface area (Å²) in [4.78, 5) is 25.9. The minimum absolute atomic E-state index is 0.161. The minimum Gasteiger partial charge on any atom is -0.383 e. The summed E-state index contributed by atoms with van der Waals surface area (Å²) in [5.41, 5.74) is -0.361. The van der Waals surface area contributed by atoms with Gasteiger partial charge in [-0.1, -0.05) is 0 Å². The van der Waals surface area contributed by atoms with Gasteiger partial charge in [0.15, 0.2) is 0 Å². The number of anilines is 1. The summed E-state index contributed by atoms with van der Waals surface area (Å²) in [7, 11) is 1.62. The van der Waals surface area contributed by atoms with E-state index in [1.165, 1.54) is 0 Å². The average molecular weight is 341 g/mol. The Hall–Kier alpha value is -2.06. The predicted molar refractivity (Wildman–Crippen MR) is 84.5 cm³/mol. The van der Waals surface area contributed by atoms with Crippen LogP contribution < -0.4 is 10.6 Å². The fourth-order valence-corrected chi connectivity index (χ4v) is 2.62. The molecule has 1 saturated heterocycles. The summed E-state index contributed by atoms with van der Waals surface area (Å²) < 4.78 is 31.6. The number of likely N-dealkylation sites (tertiary alicyclic amines) is 1. The molecule has 1 fully saturated rings. The highest BCUT2D eigenvalue weighted by Gasteiger charge is 2.24. The van der Waals surface area contributed by atoms with Crippen LogP contribution in [0.15, 0.2) is 18.2 Å². The van der Waals surface area contributed by atoms with Crippen molar-refractivity contribution in [1.82, 2.24) is 10.2 Å². The fourth-order valence-electron chi connectivity index (χ4n) is 2.62. The maximum atomic E-state index is 13.5. The SMILES string of the molecule is COCCN1CCCC(NC(=O)C(=O)Nc2cc(F)ccc2F)C1. The summed E-state index contributed by atoms with van der Waals surface area (Å²) in [6.45, 7) is 2.89. The third kappa shape index (κ3) is 5.24. The van der Waals surface area contributed by atoms with E-state index in [1.807, 2.05) is 0 Å². The molecule has 1 heterocycles. The Bertz CT molecular complexity index is 598. The maximum Gasteiger partial charge on any atom is 0.313 e. The zero-order valence-electron chi connectivity index (χ0n) is 13.5. The van der Waals surface area contributed by atoms with Crippen LogP contribution >= 0.6 is 0 Å². The van der Waals surface area contributed by atoms with E-state index in [9.17, 15) is 18.4 Å². The molecule has 1 aromatic carbocycles. The molecular formula is C16H21F2N3O3. The molecule has 1 unspecified atom stereocenters. The number of amides is 2. The van der Waals surface area contributed by atoms with E-state index in [2.05, 4.69) is 15.5 Å². The molecule has 0 aliphatic carbocycles. The van der Waals surface area contributed by atoms with Crippen LogP contribution in [0, 0.1) is 11.6 Å². The van der Waals surface area contributed by atoms with Gasteiger partial charge in [-0.25, -0.2) is 8.78 Å². The Morgan fingerprint density at radius 2 is 2.12 bits per heavy atom. The maximum absolute atomic E-state index is 13.5. The van der Waals surface area contributed by atoms with Crippen LogP contribution in [-0.4, -0.2) is 56.1 Å². The van der Waals surface area contributed by atoms with Gasteiger partial charge in [-0.2, -0.15) is 0 Å². The quantitative estimate of drug-likeness (QED) is 0.788. The highest BCUT2D eigenvalue weighted by atomic mass is 19.1. The second kappa shape index (κ2) is 8.70. The fraction of sp³-hybridized carbons (Fsp3) is 0.500. The molecule has 8 heteroatoms. The van der Waals surface area contributed by atoms with Crippen molar-refractivity contribution in [3.8, 4) is 0 Å². The van der Waals surface area contributed by atoms with Crippen molar-refractivity contribution in [2.75, 3.05) is 38.7 Å². The second-order valence-corrected chi connectivity index (χ2v) is 5.68. The van der Waals surface area contributed by atoms with E-state index < -0.39 is 23.4 Å². The van der Waals surface area contributed by atoms with E-state index in [0.717, 1.165) is 44.1 Å². The molecule has 2 N–H and O–H groups in total. The molecule has 0 spiro atoms. The molecule has 6 nitrogen and oxygen atoms in total. The Morgan fingerprint density at radius 3 is 2.88 bits per heavy atom. The van der Waals surface area contributed by atoms with E-state index in [4.69, 9.17) is 4.74 Å². The summed E-state index contributed by atoms with van der Waals surface area (Å²) in [6.07, 6.45) is 1.66. The smallest absolute Gasteiger partial charge is 0.313 e. The molecule has 24 heavy (non-hydrogen) atoms. The summed E-state index contributed by atoms with van der Waals surface area (Å²) in [5, 5.41) is 4.72. The summed E-state index contributed by atoms with van der Waals surface area (Å²) in [5.74, 6) is -3.39. The lowest BCUT2D eigenvalue weighted by molar-refractivity contribution is -0.136. The lowest BCUT2D eigenvalue weighted by atomic mass is 10.1. The first-order valence-electron chi connectivity index (χ1n) is 7.78. The molecule has 1 aromatic rings. The predicted octanol–water partition coefficient (Wildman–Crippen LogP) is 1.13. The zero-order chi connectivity index (χ0) is 17.5. The van der Waals surface area contributed by atoms with Gasteiger partial charge < -0.3 is 15.4 Å². The van der Waals surface area contributed by atoms with Crippen LogP contribution in [-0.2, 0) is 14.3 Å². The number of hydrogen-bond acceptors (Lipinski definition) is 4. The van der Waals surface area contributed by atoms with Gasteiger partial charge in [-0.3, -0.25) is 14.5 Å². The van der Waals surface area contributed by atoms with Crippen LogP contribution in [0.2, 0.25) is 0 Å². The van der Waals surface area contributed by atoms with E-state index in [0.29, 0.717) is 13.2 Å². The minimum atomic E-state index is -1.02. The Labute approximate surface area is 139 Å². The molecule has 1 aliphatic rings. The number of ether oxygens (including phenoxy) is 1. The van der Waals surface area contributed by atoms with Gasteiger partial charge in [-0.05, 0) is 31.5 Å². The van der Waals surface area contributed by atoms with Crippen LogP contribution in [0.25, 0.3) is 0 Å². The molecule has 0 aromatic heterocycles. The van der Waals surface area contributed by atoms with Crippen molar-refractivity contribution in [2.24, 2.45) is 0 Å². The number of rotatable bonds is 5. The van der Waals surface area contributed by atoms with E-state index in [-0.39, 0.29) is 11.7 Å².